The number of aliphatic imine (C=N–C) groups is 1. The molecule has 0 bridgehead atoms. The molecule has 2 saturated heterocycles. The number of likely N-dealkylation sites (N-methyl/N-ethyl adjacent to an activating group) is 1. The van der Waals surface area contributed by atoms with Crippen LogP contribution in [0.1, 0.15) is 20.8 Å². The fraction of sp³-hybridized carbons (Fsp3) is 0.895. The molecule has 0 aromatic carbocycles. The van der Waals surface area contributed by atoms with E-state index in [4.69, 9.17) is 9.73 Å². The number of amides is 1. The van der Waals surface area contributed by atoms with Gasteiger partial charge in [0, 0.05) is 72.0 Å². The zero-order valence-electron chi connectivity index (χ0n) is 17.6. The van der Waals surface area contributed by atoms with E-state index in [2.05, 4.69) is 40.9 Å². The number of guanidine groups is 1. The molecule has 2 rings (SSSR count). The third kappa shape index (κ3) is 7.18. The van der Waals surface area contributed by atoms with Gasteiger partial charge < -0.3 is 29.7 Å². The highest BCUT2D eigenvalue weighted by atomic mass is 16.6. The van der Waals surface area contributed by atoms with Gasteiger partial charge >= 0.3 is 6.09 Å². The van der Waals surface area contributed by atoms with Crippen molar-refractivity contribution in [1.82, 2.24) is 24.9 Å². The molecule has 0 aromatic rings. The summed E-state index contributed by atoms with van der Waals surface area (Å²) in [5.41, 5.74) is 0. The van der Waals surface area contributed by atoms with E-state index < -0.39 is 0 Å². The highest BCUT2D eigenvalue weighted by Gasteiger charge is 2.24. The molecule has 1 amide bonds. The van der Waals surface area contributed by atoms with Crippen LogP contribution in [-0.2, 0) is 4.74 Å². The molecule has 156 valence electrons. The fourth-order valence-corrected chi connectivity index (χ4v) is 3.51. The van der Waals surface area contributed by atoms with Crippen LogP contribution < -0.4 is 5.32 Å². The molecule has 0 aromatic heterocycles. The Morgan fingerprint density at radius 2 is 1.67 bits per heavy atom. The van der Waals surface area contributed by atoms with Gasteiger partial charge in [-0.3, -0.25) is 4.99 Å². The number of ether oxygens (including phenoxy) is 1. The van der Waals surface area contributed by atoms with E-state index in [-0.39, 0.29) is 6.09 Å². The van der Waals surface area contributed by atoms with Crippen LogP contribution in [0.25, 0.3) is 0 Å². The van der Waals surface area contributed by atoms with Gasteiger partial charge in [-0.15, -0.1) is 0 Å². The van der Waals surface area contributed by atoms with Crippen LogP contribution >= 0.6 is 0 Å². The summed E-state index contributed by atoms with van der Waals surface area (Å²) in [5, 5.41) is 3.41. The summed E-state index contributed by atoms with van der Waals surface area (Å²) in [6.45, 7) is 17.0. The zero-order chi connectivity index (χ0) is 19.6. The second-order valence-corrected chi connectivity index (χ2v) is 7.58. The van der Waals surface area contributed by atoms with Gasteiger partial charge in [-0.1, -0.05) is 6.92 Å². The van der Waals surface area contributed by atoms with Crippen molar-refractivity contribution in [2.24, 2.45) is 10.9 Å². The van der Waals surface area contributed by atoms with Crippen molar-refractivity contribution in [2.75, 3.05) is 85.6 Å². The van der Waals surface area contributed by atoms with Crippen molar-refractivity contribution < 1.29 is 9.53 Å². The predicted molar refractivity (Wildman–Crippen MR) is 109 cm³/mol. The Morgan fingerprint density at radius 3 is 2.26 bits per heavy atom. The summed E-state index contributed by atoms with van der Waals surface area (Å²) in [7, 11) is 2.19. The third-order valence-electron chi connectivity index (χ3n) is 5.16. The molecule has 2 aliphatic heterocycles. The number of carbonyl (C=O) groups excluding carboxylic acids is 1. The van der Waals surface area contributed by atoms with Gasteiger partial charge in [0.15, 0.2) is 5.96 Å². The van der Waals surface area contributed by atoms with E-state index in [0.717, 1.165) is 64.9 Å². The lowest BCUT2D eigenvalue weighted by atomic mass is 10.1. The van der Waals surface area contributed by atoms with Crippen LogP contribution in [0.3, 0.4) is 0 Å². The molecule has 1 atom stereocenters. The monoisotopic (exact) mass is 382 g/mol. The SMILES string of the molecule is CCNC(=NCC(C)CN1CCN(C)CC1)N1CCN(C(=O)OCC)CC1. The standard InChI is InChI=1S/C19H38N6O2/c1-5-20-18(24-11-13-25(14-12-24)19(26)27-6-2)21-15-17(3)16-23-9-7-22(4)8-10-23/h17H,5-16H2,1-4H3,(H,20,21). The van der Waals surface area contributed by atoms with Gasteiger partial charge in [0.25, 0.3) is 0 Å². The molecule has 1 unspecified atom stereocenters. The minimum atomic E-state index is -0.208. The van der Waals surface area contributed by atoms with Crippen LogP contribution in [0.5, 0.6) is 0 Å². The molecule has 0 radical (unpaired) electrons. The second-order valence-electron chi connectivity index (χ2n) is 7.58. The molecule has 2 fully saturated rings. The predicted octanol–water partition coefficient (Wildman–Crippen LogP) is 0.610. The molecular formula is C19H38N6O2. The minimum Gasteiger partial charge on any atom is -0.450 e. The zero-order valence-corrected chi connectivity index (χ0v) is 17.6. The lowest BCUT2D eigenvalue weighted by molar-refractivity contribution is 0.0914. The van der Waals surface area contributed by atoms with Gasteiger partial charge in [-0.05, 0) is 26.8 Å². The molecule has 0 spiro atoms. The Bertz CT molecular complexity index is 471. The Labute approximate surface area is 164 Å². The molecule has 27 heavy (non-hydrogen) atoms. The van der Waals surface area contributed by atoms with Crippen molar-refractivity contribution in [2.45, 2.75) is 20.8 Å². The van der Waals surface area contributed by atoms with Crippen LogP contribution in [-0.4, -0.2) is 117 Å². The van der Waals surface area contributed by atoms with Gasteiger partial charge in [0.1, 0.15) is 0 Å². The van der Waals surface area contributed by atoms with E-state index in [1.54, 1.807) is 4.90 Å². The Balaban J connectivity index is 1.80. The first-order chi connectivity index (χ1) is 13.0. The number of piperazine rings is 2. The summed E-state index contributed by atoms with van der Waals surface area (Å²) in [6, 6.07) is 0. The van der Waals surface area contributed by atoms with E-state index in [1.807, 2.05) is 6.92 Å². The average molecular weight is 383 g/mol. The smallest absolute Gasteiger partial charge is 0.409 e. The van der Waals surface area contributed by atoms with Crippen molar-refractivity contribution in [3.63, 3.8) is 0 Å². The van der Waals surface area contributed by atoms with E-state index in [9.17, 15) is 4.79 Å². The molecule has 0 aliphatic carbocycles. The first-order valence-corrected chi connectivity index (χ1v) is 10.4. The summed E-state index contributed by atoms with van der Waals surface area (Å²) < 4.78 is 5.10. The van der Waals surface area contributed by atoms with Gasteiger partial charge in [-0.2, -0.15) is 0 Å². The second kappa shape index (κ2) is 11.3. The molecule has 1 N–H and O–H groups in total. The molecule has 8 heteroatoms. The average Bonchev–Trinajstić information content (AvgIpc) is 2.67. The molecular weight excluding hydrogens is 344 g/mol. The number of nitrogens with zero attached hydrogens (tertiary/aromatic N) is 5. The summed E-state index contributed by atoms with van der Waals surface area (Å²) in [6.07, 6.45) is -0.208. The highest BCUT2D eigenvalue weighted by Crippen LogP contribution is 2.07. The number of hydrogen-bond acceptors (Lipinski definition) is 5. The molecule has 2 heterocycles. The van der Waals surface area contributed by atoms with Crippen molar-refractivity contribution in [3.8, 4) is 0 Å². The fourth-order valence-electron chi connectivity index (χ4n) is 3.51. The lowest BCUT2D eigenvalue weighted by Crippen LogP contribution is -2.54. The summed E-state index contributed by atoms with van der Waals surface area (Å²) >= 11 is 0. The number of carbonyl (C=O) groups is 1. The summed E-state index contributed by atoms with van der Waals surface area (Å²) in [4.78, 5) is 25.7. The van der Waals surface area contributed by atoms with Crippen LogP contribution in [0.15, 0.2) is 4.99 Å². The normalized spacial score (nSPS) is 21.3. The maximum absolute atomic E-state index is 11.9. The third-order valence-corrected chi connectivity index (χ3v) is 5.16. The maximum atomic E-state index is 11.9. The van der Waals surface area contributed by atoms with Crippen molar-refractivity contribution in [3.05, 3.63) is 0 Å². The molecule has 8 nitrogen and oxygen atoms in total. The largest absolute Gasteiger partial charge is 0.450 e. The Morgan fingerprint density at radius 1 is 1.04 bits per heavy atom. The topological polar surface area (TPSA) is 63.7 Å². The quantitative estimate of drug-likeness (QED) is 0.536. The molecule has 2 aliphatic rings. The number of nitrogens with one attached hydrogen (secondary N) is 1. The van der Waals surface area contributed by atoms with Gasteiger partial charge in [0.2, 0.25) is 0 Å². The Hall–Kier alpha value is -1.54. The summed E-state index contributed by atoms with van der Waals surface area (Å²) in [5.74, 6) is 1.49. The van der Waals surface area contributed by atoms with Crippen LogP contribution in [0.2, 0.25) is 0 Å². The minimum absolute atomic E-state index is 0.208. The van der Waals surface area contributed by atoms with Crippen molar-refractivity contribution in [1.29, 1.82) is 0 Å². The van der Waals surface area contributed by atoms with E-state index in [0.29, 0.717) is 25.6 Å². The first-order valence-electron chi connectivity index (χ1n) is 10.4. The number of rotatable bonds is 6. The highest BCUT2D eigenvalue weighted by molar-refractivity contribution is 5.80. The van der Waals surface area contributed by atoms with Gasteiger partial charge in [0.05, 0.1) is 6.61 Å². The lowest BCUT2D eigenvalue weighted by Gasteiger charge is -2.36. The van der Waals surface area contributed by atoms with Gasteiger partial charge in [-0.25, -0.2) is 4.79 Å². The maximum Gasteiger partial charge on any atom is 0.409 e. The first kappa shape index (κ1) is 21.8. The van der Waals surface area contributed by atoms with Crippen LogP contribution in [0, 0.1) is 5.92 Å². The van der Waals surface area contributed by atoms with Crippen molar-refractivity contribution >= 4 is 12.1 Å². The van der Waals surface area contributed by atoms with E-state index >= 15 is 0 Å². The Kier molecular flexibility index (Phi) is 9.14. The van der Waals surface area contributed by atoms with Crippen LogP contribution in [0.4, 0.5) is 4.79 Å². The number of hydrogen-bond donors (Lipinski definition) is 1. The van der Waals surface area contributed by atoms with E-state index in [1.165, 1.54) is 0 Å². The molecule has 0 saturated carbocycles.